The van der Waals surface area contributed by atoms with Gasteiger partial charge in [0.1, 0.15) is 17.8 Å². The Hall–Kier alpha value is -3.30. The van der Waals surface area contributed by atoms with Crippen LogP contribution in [0.15, 0.2) is 42.2 Å². The minimum Gasteiger partial charge on any atom is -0.340 e. The predicted octanol–water partition coefficient (Wildman–Crippen LogP) is 4.27. The molecular weight excluding hydrogens is 434 g/mol. The van der Waals surface area contributed by atoms with Crippen LogP contribution in [0.4, 0.5) is 11.5 Å². The summed E-state index contributed by atoms with van der Waals surface area (Å²) in [5.74, 6) is 0.958. The van der Waals surface area contributed by atoms with E-state index in [1.807, 2.05) is 22.5 Å². The Morgan fingerprint density at radius 1 is 1.21 bits per heavy atom. The largest absolute Gasteiger partial charge is 0.340 e. The molecule has 170 valence electrons. The summed E-state index contributed by atoms with van der Waals surface area (Å²) < 4.78 is 1.13. The molecule has 1 aliphatic rings. The zero-order valence-corrected chi connectivity index (χ0v) is 19.7. The third kappa shape index (κ3) is 4.46. The fraction of sp³-hybridized carbons (Fsp3) is 0.333. The minimum atomic E-state index is 0.195. The molecule has 0 radical (unpaired) electrons. The summed E-state index contributed by atoms with van der Waals surface area (Å²) >= 11 is 1.62. The number of carbonyl (C=O) groups excluding carboxylic acids is 1. The molecule has 33 heavy (non-hydrogen) atoms. The van der Waals surface area contributed by atoms with Crippen LogP contribution in [-0.4, -0.2) is 68.4 Å². The molecule has 5 rings (SSSR count). The number of carbonyl (C=O) groups is 1. The van der Waals surface area contributed by atoms with Crippen LogP contribution in [0.5, 0.6) is 0 Å². The number of thiazole rings is 1. The third-order valence-electron chi connectivity index (χ3n) is 6.18. The summed E-state index contributed by atoms with van der Waals surface area (Å²) in [7, 11) is 0. The molecule has 0 saturated heterocycles. The Labute approximate surface area is 196 Å². The zero-order chi connectivity index (χ0) is 22.8. The van der Waals surface area contributed by atoms with Crippen molar-refractivity contribution in [2.45, 2.75) is 20.3 Å². The fourth-order valence-electron chi connectivity index (χ4n) is 4.16. The van der Waals surface area contributed by atoms with Gasteiger partial charge in [-0.2, -0.15) is 0 Å². The molecule has 0 aliphatic carbocycles. The van der Waals surface area contributed by atoms with Crippen molar-refractivity contribution in [3.8, 4) is 0 Å². The van der Waals surface area contributed by atoms with Gasteiger partial charge in [0.25, 0.3) is 0 Å². The highest BCUT2D eigenvalue weighted by Crippen LogP contribution is 2.30. The Bertz CT molecular complexity index is 1320. The first kappa shape index (κ1) is 21.5. The topological polar surface area (TPSA) is 90.0 Å². The van der Waals surface area contributed by atoms with Crippen molar-refractivity contribution in [3.05, 3.63) is 47.9 Å². The van der Waals surface area contributed by atoms with Gasteiger partial charge < -0.3 is 15.2 Å². The number of amides is 1. The van der Waals surface area contributed by atoms with Crippen molar-refractivity contribution in [2.75, 3.05) is 38.0 Å². The Balaban J connectivity index is 1.34. The first-order valence-electron chi connectivity index (χ1n) is 11.3. The average Bonchev–Trinajstić information content (AvgIpc) is 3.50. The summed E-state index contributed by atoms with van der Waals surface area (Å²) in [5, 5.41) is 4.37. The van der Waals surface area contributed by atoms with E-state index < -0.39 is 0 Å². The number of anilines is 2. The lowest BCUT2D eigenvalue weighted by Crippen LogP contribution is -2.42. The van der Waals surface area contributed by atoms with E-state index in [2.05, 4.69) is 62.2 Å². The first-order valence-corrected chi connectivity index (χ1v) is 12.2. The molecule has 9 heteroatoms. The van der Waals surface area contributed by atoms with Crippen LogP contribution in [0, 0.1) is 0 Å². The molecule has 0 fully saturated rings. The standard InChI is InChI=1S/C24H27N7OS/c1-3-30(4-2)13-22(32)31-9-7-16(8-10-31)20-12-18-23(25-14-26-24(18)29-20)28-17-5-6-19-21(11-17)33-15-27-19/h5-7,11-12,14-15H,3-4,8-10,13H2,1-2H3,(H2,25,26,28,29). The SMILES string of the molecule is CCN(CC)CC(=O)N1CC=C(c2cc3c(Nc4ccc5ncsc5c4)ncnc3[nH]2)CC1. The second kappa shape index (κ2) is 9.29. The highest BCUT2D eigenvalue weighted by molar-refractivity contribution is 7.16. The van der Waals surface area contributed by atoms with Gasteiger partial charge in [0.15, 0.2) is 0 Å². The molecule has 0 unspecified atom stereocenters. The molecule has 0 spiro atoms. The van der Waals surface area contributed by atoms with Crippen LogP contribution >= 0.6 is 11.3 Å². The summed E-state index contributed by atoms with van der Waals surface area (Å²) in [4.78, 5) is 33.4. The lowest BCUT2D eigenvalue weighted by Gasteiger charge is -2.28. The van der Waals surface area contributed by atoms with Crippen molar-refractivity contribution in [1.82, 2.24) is 29.7 Å². The number of H-pyrrole nitrogens is 1. The number of hydrogen-bond acceptors (Lipinski definition) is 7. The molecule has 0 saturated carbocycles. The van der Waals surface area contributed by atoms with E-state index in [-0.39, 0.29) is 5.91 Å². The van der Waals surface area contributed by atoms with Crippen LogP contribution in [0.2, 0.25) is 0 Å². The number of nitrogens with zero attached hydrogens (tertiary/aromatic N) is 5. The molecule has 0 atom stereocenters. The summed E-state index contributed by atoms with van der Waals surface area (Å²) in [5.41, 5.74) is 6.85. The zero-order valence-electron chi connectivity index (χ0n) is 18.8. The van der Waals surface area contributed by atoms with E-state index in [1.165, 1.54) is 5.57 Å². The van der Waals surface area contributed by atoms with E-state index in [1.54, 1.807) is 17.7 Å². The van der Waals surface area contributed by atoms with Crippen molar-refractivity contribution in [2.24, 2.45) is 0 Å². The van der Waals surface area contributed by atoms with Crippen molar-refractivity contribution in [1.29, 1.82) is 0 Å². The van der Waals surface area contributed by atoms with Gasteiger partial charge in [0.05, 0.1) is 27.7 Å². The maximum atomic E-state index is 12.6. The number of hydrogen-bond donors (Lipinski definition) is 2. The maximum Gasteiger partial charge on any atom is 0.237 e. The fourth-order valence-corrected chi connectivity index (χ4v) is 4.88. The van der Waals surface area contributed by atoms with Crippen LogP contribution in [0.3, 0.4) is 0 Å². The lowest BCUT2D eigenvalue weighted by molar-refractivity contribution is -0.131. The van der Waals surface area contributed by atoms with Gasteiger partial charge >= 0.3 is 0 Å². The third-order valence-corrected chi connectivity index (χ3v) is 6.97. The van der Waals surface area contributed by atoms with E-state index in [0.717, 1.165) is 64.5 Å². The first-order chi connectivity index (χ1) is 16.1. The van der Waals surface area contributed by atoms with E-state index in [9.17, 15) is 4.79 Å². The Kier molecular flexibility index (Phi) is 6.06. The molecule has 2 N–H and O–H groups in total. The molecule has 1 amide bonds. The van der Waals surface area contributed by atoms with Crippen molar-refractivity contribution in [3.63, 3.8) is 0 Å². The summed E-state index contributed by atoms with van der Waals surface area (Å²) in [6, 6.07) is 8.20. The average molecular weight is 462 g/mol. The molecule has 8 nitrogen and oxygen atoms in total. The number of likely N-dealkylation sites (N-methyl/N-ethyl adjacent to an activating group) is 1. The molecule has 1 aliphatic heterocycles. The highest BCUT2D eigenvalue weighted by Gasteiger charge is 2.20. The number of aromatic nitrogens is 4. The molecule has 4 aromatic rings. The van der Waals surface area contributed by atoms with Gasteiger partial charge in [-0.3, -0.25) is 9.69 Å². The van der Waals surface area contributed by atoms with E-state index >= 15 is 0 Å². The minimum absolute atomic E-state index is 0.195. The number of benzene rings is 1. The van der Waals surface area contributed by atoms with Crippen LogP contribution in [-0.2, 0) is 4.79 Å². The predicted molar refractivity (Wildman–Crippen MR) is 134 cm³/mol. The maximum absolute atomic E-state index is 12.6. The normalized spacial score (nSPS) is 14.3. The quantitative estimate of drug-likeness (QED) is 0.427. The summed E-state index contributed by atoms with van der Waals surface area (Å²) in [6.45, 7) is 7.81. The summed E-state index contributed by atoms with van der Waals surface area (Å²) in [6.07, 6.45) is 4.53. The number of nitrogens with one attached hydrogen (secondary N) is 2. The second-order valence-corrected chi connectivity index (χ2v) is 8.99. The van der Waals surface area contributed by atoms with Gasteiger partial charge in [-0.25, -0.2) is 15.0 Å². The lowest BCUT2D eigenvalue weighted by atomic mass is 10.0. The second-order valence-electron chi connectivity index (χ2n) is 8.11. The smallest absolute Gasteiger partial charge is 0.237 e. The van der Waals surface area contributed by atoms with Crippen molar-refractivity contribution >= 4 is 55.6 Å². The van der Waals surface area contributed by atoms with Gasteiger partial charge in [-0.05, 0) is 49.3 Å². The molecule has 1 aromatic carbocycles. The monoisotopic (exact) mass is 461 g/mol. The molecule has 0 bridgehead atoms. The van der Waals surface area contributed by atoms with Gasteiger partial charge in [0, 0.05) is 24.5 Å². The van der Waals surface area contributed by atoms with Crippen LogP contribution < -0.4 is 5.32 Å². The van der Waals surface area contributed by atoms with E-state index in [0.29, 0.717) is 13.1 Å². The van der Waals surface area contributed by atoms with Crippen LogP contribution in [0.25, 0.3) is 26.8 Å². The molecule has 4 heterocycles. The van der Waals surface area contributed by atoms with E-state index in [4.69, 9.17) is 0 Å². The number of fused-ring (bicyclic) bond motifs is 2. The molecular formula is C24H27N7OS. The van der Waals surface area contributed by atoms with Gasteiger partial charge in [0.2, 0.25) is 5.91 Å². The van der Waals surface area contributed by atoms with Crippen molar-refractivity contribution < 1.29 is 4.79 Å². The molecule has 3 aromatic heterocycles. The van der Waals surface area contributed by atoms with Gasteiger partial charge in [-0.15, -0.1) is 11.3 Å². The number of aromatic amines is 1. The Morgan fingerprint density at radius 3 is 2.88 bits per heavy atom. The van der Waals surface area contributed by atoms with Crippen LogP contribution in [0.1, 0.15) is 26.0 Å². The highest BCUT2D eigenvalue weighted by atomic mass is 32.1. The number of rotatable bonds is 7. The van der Waals surface area contributed by atoms with Gasteiger partial charge in [-0.1, -0.05) is 19.9 Å². The Morgan fingerprint density at radius 2 is 2.09 bits per heavy atom.